The summed E-state index contributed by atoms with van der Waals surface area (Å²) in [5.41, 5.74) is 7.58. The molecule has 3 heterocycles. The fraction of sp³-hybridized carbons (Fsp3) is 0.0952. The number of aromatic carboxylic acids is 1. The van der Waals surface area contributed by atoms with Crippen molar-refractivity contribution in [2.45, 2.75) is 6.42 Å². The van der Waals surface area contributed by atoms with Gasteiger partial charge < -0.3 is 15.6 Å². The van der Waals surface area contributed by atoms with Crippen molar-refractivity contribution in [1.82, 2.24) is 14.8 Å². The summed E-state index contributed by atoms with van der Waals surface area (Å²) >= 11 is 1.44. The van der Waals surface area contributed by atoms with Crippen molar-refractivity contribution in [3.63, 3.8) is 0 Å². The third kappa shape index (κ3) is 3.30. The van der Waals surface area contributed by atoms with Crippen molar-refractivity contribution in [2.24, 2.45) is 0 Å². The second kappa shape index (κ2) is 7.17. The quantitative estimate of drug-likeness (QED) is 0.496. The van der Waals surface area contributed by atoms with Crippen LogP contribution in [0.15, 0.2) is 42.5 Å². The zero-order valence-corrected chi connectivity index (χ0v) is 16.6. The van der Waals surface area contributed by atoms with Gasteiger partial charge in [0.25, 0.3) is 0 Å². The molecule has 5 rings (SSSR count). The SMILES string of the molecule is Nc1nc(-c2cc3c(s2)CCOc2cc(C(=O)O)ccc2-3)n(-c2ccc(F)cc2F)n1. The van der Waals surface area contributed by atoms with Crippen LogP contribution in [0.3, 0.4) is 0 Å². The molecule has 0 atom stereocenters. The molecule has 2 aromatic heterocycles. The lowest BCUT2D eigenvalue weighted by Gasteiger charge is -2.08. The molecule has 0 bridgehead atoms. The minimum Gasteiger partial charge on any atom is -0.493 e. The van der Waals surface area contributed by atoms with Crippen LogP contribution in [0.2, 0.25) is 0 Å². The molecule has 3 N–H and O–H groups in total. The summed E-state index contributed by atoms with van der Waals surface area (Å²) in [6.07, 6.45) is 0.603. The standard InChI is InChI=1S/C21H14F2N4O3S/c22-11-2-4-15(14(23)8-11)27-19(25-21(24)26-27)18-9-13-12-3-1-10(20(28)29)7-16(12)30-6-5-17(13)31-18/h1-4,7-9H,5-6H2,(H2,24,26)(H,28,29). The van der Waals surface area contributed by atoms with E-state index in [2.05, 4.69) is 10.1 Å². The summed E-state index contributed by atoms with van der Waals surface area (Å²) < 4.78 is 34.7. The van der Waals surface area contributed by atoms with Gasteiger partial charge in [-0.25, -0.2) is 18.3 Å². The molecule has 7 nitrogen and oxygen atoms in total. The number of benzene rings is 2. The molecule has 0 aliphatic carbocycles. The number of ether oxygens (including phenoxy) is 1. The van der Waals surface area contributed by atoms with Gasteiger partial charge >= 0.3 is 5.97 Å². The molecule has 0 fully saturated rings. The molecule has 0 amide bonds. The Hall–Kier alpha value is -3.79. The number of hydrogen-bond donors (Lipinski definition) is 2. The summed E-state index contributed by atoms with van der Waals surface area (Å²) in [6, 6.07) is 9.78. The molecule has 0 unspecified atom stereocenters. The van der Waals surface area contributed by atoms with Crippen molar-refractivity contribution in [2.75, 3.05) is 12.3 Å². The maximum Gasteiger partial charge on any atom is 0.335 e. The van der Waals surface area contributed by atoms with Crippen molar-refractivity contribution in [3.05, 3.63) is 64.5 Å². The number of halogens is 2. The number of nitrogens with two attached hydrogens (primary N) is 1. The number of nitrogen functional groups attached to an aromatic ring is 1. The lowest BCUT2D eigenvalue weighted by molar-refractivity contribution is 0.0696. The number of thiophene rings is 1. The highest BCUT2D eigenvalue weighted by Gasteiger charge is 2.24. The van der Waals surface area contributed by atoms with E-state index in [1.54, 1.807) is 6.07 Å². The van der Waals surface area contributed by atoms with Gasteiger partial charge in [-0.1, -0.05) is 0 Å². The van der Waals surface area contributed by atoms with Crippen LogP contribution in [-0.4, -0.2) is 32.4 Å². The van der Waals surface area contributed by atoms with Crippen molar-refractivity contribution >= 4 is 23.3 Å². The number of fused-ring (bicyclic) bond motifs is 3. The number of hydrogen-bond acceptors (Lipinski definition) is 6. The molecule has 1 aliphatic rings. The molecular formula is C21H14F2N4O3S. The normalized spacial score (nSPS) is 12.6. The first-order valence-electron chi connectivity index (χ1n) is 9.22. The van der Waals surface area contributed by atoms with Gasteiger partial charge in [-0.2, -0.15) is 4.98 Å². The molecule has 0 radical (unpaired) electrons. The Morgan fingerprint density at radius 1 is 1.16 bits per heavy atom. The molecule has 4 aromatic rings. The van der Waals surface area contributed by atoms with Gasteiger partial charge in [0.15, 0.2) is 11.6 Å². The summed E-state index contributed by atoms with van der Waals surface area (Å²) in [6.45, 7) is 0.379. The lowest BCUT2D eigenvalue weighted by atomic mass is 10.0. The molecule has 2 aromatic carbocycles. The number of carboxylic acid groups (broad SMARTS) is 1. The monoisotopic (exact) mass is 440 g/mol. The summed E-state index contributed by atoms with van der Waals surface area (Å²) in [5.74, 6) is -1.76. The van der Waals surface area contributed by atoms with E-state index >= 15 is 0 Å². The molecular weight excluding hydrogens is 426 g/mol. The van der Waals surface area contributed by atoms with Crippen LogP contribution >= 0.6 is 11.3 Å². The highest BCUT2D eigenvalue weighted by atomic mass is 32.1. The highest BCUT2D eigenvalue weighted by molar-refractivity contribution is 7.16. The van der Waals surface area contributed by atoms with E-state index in [9.17, 15) is 18.7 Å². The van der Waals surface area contributed by atoms with Gasteiger partial charge in [0, 0.05) is 28.5 Å². The van der Waals surface area contributed by atoms with E-state index in [1.165, 1.54) is 34.2 Å². The molecule has 156 valence electrons. The minimum atomic E-state index is -1.04. The van der Waals surface area contributed by atoms with E-state index in [-0.39, 0.29) is 17.2 Å². The van der Waals surface area contributed by atoms with E-state index in [1.807, 2.05) is 6.07 Å². The first kappa shape index (κ1) is 19.2. The molecule has 0 saturated carbocycles. The smallest absolute Gasteiger partial charge is 0.335 e. The molecule has 10 heteroatoms. The predicted molar refractivity (Wildman–Crippen MR) is 111 cm³/mol. The van der Waals surface area contributed by atoms with Crippen LogP contribution in [0, 0.1) is 11.6 Å². The van der Waals surface area contributed by atoms with Crippen LogP contribution in [0.5, 0.6) is 5.75 Å². The van der Waals surface area contributed by atoms with Crippen molar-refractivity contribution < 1.29 is 23.4 Å². The lowest BCUT2D eigenvalue weighted by Crippen LogP contribution is -2.03. The van der Waals surface area contributed by atoms with E-state index in [0.29, 0.717) is 29.5 Å². The number of nitrogens with zero attached hydrogens (tertiary/aromatic N) is 3. The zero-order chi connectivity index (χ0) is 21.7. The van der Waals surface area contributed by atoms with E-state index < -0.39 is 17.6 Å². The second-order valence-corrected chi connectivity index (χ2v) is 8.00. The van der Waals surface area contributed by atoms with Crippen LogP contribution in [0.4, 0.5) is 14.7 Å². The van der Waals surface area contributed by atoms with Crippen molar-refractivity contribution in [1.29, 1.82) is 0 Å². The highest BCUT2D eigenvalue weighted by Crippen LogP contribution is 2.43. The van der Waals surface area contributed by atoms with Gasteiger partial charge in [0.1, 0.15) is 17.3 Å². The summed E-state index contributed by atoms with van der Waals surface area (Å²) in [4.78, 5) is 17.2. The van der Waals surface area contributed by atoms with E-state index in [4.69, 9.17) is 10.5 Å². The van der Waals surface area contributed by atoms with Gasteiger partial charge in [0.05, 0.1) is 17.0 Å². The summed E-state index contributed by atoms with van der Waals surface area (Å²) in [7, 11) is 0. The van der Waals surface area contributed by atoms with E-state index in [0.717, 1.165) is 28.1 Å². The Bertz CT molecular complexity index is 1350. The second-order valence-electron chi connectivity index (χ2n) is 6.86. The number of aromatic nitrogens is 3. The predicted octanol–water partition coefficient (Wildman–Crippen LogP) is 4.16. The first-order chi connectivity index (χ1) is 14.9. The zero-order valence-electron chi connectivity index (χ0n) is 15.8. The third-order valence-corrected chi connectivity index (χ3v) is 6.09. The minimum absolute atomic E-state index is 0.0269. The Morgan fingerprint density at radius 2 is 2.00 bits per heavy atom. The Morgan fingerprint density at radius 3 is 2.77 bits per heavy atom. The van der Waals surface area contributed by atoms with Gasteiger partial charge in [0.2, 0.25) is 5.95 Å². The number of carbonyl (C=O) groups is 1. The van der Waals surface area contributed by atoms with Gasteiger partial charge in [-0.3, -0.25) is 0 Å². The largest absolute Gasteiger partial charge is 0.493 e. The fourth-order valence-electron chi connectivity index (χ4n) is 3.51. The van der Waals surface area contributed by atoms with Gasteiger partial charge in [-0.05, 0) is 36.4 Å². The molecule has 0 saturated heterocycles. The Labute approximate surface area is 178 Å². The molecule has 0 spiro atoms. The number of carboxylic acids is 1. The maximum absolute atomic E-state index is 14.4. The number of anilines is 1. The Balaban J connectivity index is 1.64. The first-order valence-corrected chi connectivity index (χ1v) is 10.0. The van der Waals surface area contributed by atoms with Crippen LogP contribution < -0.4 is 10.5 Å². The van der Waals surface area contributed by atoms with Crippen molar-refractivity contribution in [3.8, 4) is 33.3 Å². The average molecular weight is 440 g/mol. The van der Waals surface area contributed by atoms with Crippen LogP contribution in [0.1, 0.15) is 15.2 Å². The summed E-state index contributed by atoms with van der Waals surface area (Å²) in [5, 5.41) is 13.3. The third-order valence-electron chi connectivity index (χ3n) is 4.90. The molecule has 1 aliphatic heterocycles. The Kier molecular flexibility index (Phi) is 4.44. The molecule has 31 heavy (non-hydrogen) atoms. The van der Waals surface area contributed by atoms with Gasteiger partial charge in [-0.15, -0.1) is 16.4 Å². The van der Waals surface area contributed by atoms with Crippen LogP contribution in [-0.2, 0) is 6.42 Å². The average Bonchev–Trinajstić information content (AvgIpc) is 3.27. The topological polar surface area (TPSA) is 103 Å². The fourth-order valence-corrected chi connectivity index (χ4v) is 4.64. The maximum atomic E-state index is 14.4. The number of rotatable bonds is 3. The van der Waals surface area contributed by atoms with Crippen LogP contribution in [0.25, 0.3) is 27.5 Å².